The molecule has 0 unspecified atom stereocenters. The molecule has 0 saturated carbocycles. The van der Waals surface area contributed by atoms with Crippen LogP contribution in [0.4, 0.5) is 0 Å². The topological polar surface area (TPSA) is 22.1 Å². The van der Waals surface area contributed by atoms with Gasteiger partial charge in [0.05, 0.1) is 12.6 Å². The number of methoxy groups -OCH3 is 1. The zero-order valence-corrected chi connectivity index (χ0v) is 18.5. The zero-order valence-electron chi connectivity index (χ0n) is 17.7. The molecule has 0 fully saturated rings. The van der Waals surface area contributed by atoms with E-state index in [1.165, 1.54) is 16.7 Å². The van der Waals surface area contributed by atoms with Gasteiger partial charge < -0.3 is 4.74 Å². The number of allylic oxidation sites excluding steroid dienone is 1. The van der Waals surface area contributed by atoms with Crippen LogP contribution < -0.4 is 4.74 Å². The summed E-state index contributed by atoms with van der Waals surface area (Å²) in [6.07, 6.45) is 4.97. The van der Waals surface area contributed by atoms with Crippen LogP contribution in [0.25, 0.3) is 22.0 Å². The minimum atomic E-state index is 0.678. The molecular weight excluding hydrogens is 402 g/mol. The molecule has 1 heterocycles. The van der Waals surface area contributed by atoms with Crippen LogP contribution in [-0.2, 0) is 0 Å². The highest BCUT2D eigenvalue weighted by Crippen LogP contribution is 2.36. The Morgan fingerprint density at radius 2 is 1.55 bits per heavy atom. The number of unbranched alkanes of at least 4 members (excludes halogenated alkanes) is 1. The molecule has 3 aromatic carbocycles. The Morgan fingerprint density at radius 1 is 0.806 bits per heavy atom. The lowest BCUT2D eigenvalue weighted by atomic mass is 9.87. The first kappa shape index (κ1) is 21.1. The number of para-hydroxylation sites is 1. The fourth-order valence-corrected chi connectivity index (χ4v) is 4.12. The molecule has 2 nitrogen and oxygen atoms in total. The third kappa shape index (κ3) is 4.98. The predicted octanol–water partition coefficient (Wildman–Crippen LogP) is 7.61. The lowest BCUT2D eigenvalue weighted by Gasteiger charge is -2.18. The van der Waals surface area contributed by atoms with Crippen molar-refractivity contribution in [3.63, 3.8) is 0 Å². The minimum Gasteiger partial charge on any atom is -0.497 e. The molecule has 4 aromatic rings. The van der Waals surface area contributed by atoms with Crippen molar-refractivity contribution in [2.45, 2.75) is 19.3 Å². The van der Waals surface area contributed by atoms with Crippen molar-refractivity contribution >= 4 is 33.7 Å². The van der Waals surface area contributed by atoms with Crippen LogP contribution in [0.1, 0.15) is 36.0 Å². The number of alkyl halides is 1. The van der Waals surface area contributed by atoms with Gasteiger partial charge in [-0.25, -0.2) is 0 Å². The summed E-state index contributed by atoms with van der Waals surface area (Å²) in [4.78, 5) is 4.75. The second-order valence-corrected chi connectivity index (χ2v) is 7.89. The Bertz CT molecular complexity index is 1170. The molecule has 4 rings (SSSR count). The first-order valence-electron chi connectivity index (χ1n) is 10.6. The SMILES string of the molecule is COc1ccc(/C(=C(\CCCCCl)c2ccccc2)c2cnc3ccccc3c2)cc1. The maximum Gasteiger partial charge on any atom is 0.118 e. The largest absolute Gasteiger partial charge is 0.497 e. The van der Waals surface area contributed by atoms with E-state index in [0.29, 0.717) is 5.88 Å². The molecule has 0 saturated heterocycles. The summed E-state index contributed by atoms with van der Waals surface area (Å²) in [5.74, 6) is 1.53. The lowest BCUT2D eigenvalue weighted by Crippen LogP contribution is -1.98. The van der Waals surface area contributed by atoms with E-state index < -0.39 is 0 Å². The van der Waals surface area contributed by atoms with Crippen LogP contribution in [0.15, 0.2) is 91.1 Å². The summed E-state index contributed by atoms with van der Waals surface area (Å²) in [6.45, 7) is 0. The van der Waals surface area contributed by atoms with E-state index in [4.69, 9.17) is 21.3 Å². The fourth-order valence-electron chi connectivity index (χ4n) is 3.93. The Kier molecular flexibility index (Phi) is 7.01. The van der Waals surface area contributed by atoms with E-state index in [1.54, 1.807) is 7.11 Å². The Hall–Kier alpha value is -3.10. The average molecular weight is 428 g/mol. The van der Waals surface area contributed by atoms with E-state index in [2.05, 4.69) is 66.7 Å². The molecular formula is C28H26ClNO. The van der Waals surface area contributed by atoms with Gasteiger partial charge in [-0.05, 0) is 65.8 Å². The number of halogens is 1. The van der Waals surface area contributed by atoms with Gasteiger partial charge in [0, 0.05) is 23.0 Å². The molecule has 31 heavy (non-hydrogen) atoms. The number of fused-ring (bicyclic) bond motifs is 1. The van der Waals surface area contributed by atoms with Crippen molar-refractivity contribution < 1.29 is 4.74 Å². The molecule has 0 aliphatic rings. The number of hydrogen-bond acceptors (Lipinski definition) is 2. The van der Waals surface area contributed by atoms with Gasteiger partial charge in [-0.15, -0.1) is 11.6 Å². The summed E-state index contributed by atoms with van der Waals surface area (Å²) >= 11 is 6.00. The molecule has 0 bridgehead atoms. The molecule has 0 aliphatic carbocycles. The maximum atomic E-state index is 6.00. The van der Waals surface area contributed by atoms with Crippen molar-refractivity contribution in [3.8, 4) is 5.75 Å². The van der Waals surface area contributed by atoms with Crippen LogP contribution in [-0.4, -0.2) is 18.0 Å². The molecule has 0 atom stereocenters. The third-order valence-corrected chi connectivity index (χ3v) is 5.76. The van der Waals surface area contributed by atoms with Crippen LogP contribution in [0.2, 0.25) is 0 Å². The highest BCUT2D eigenvalue weighted by Gasteiger charge is 2.15. The van der Waals surface area contributed by atoms with E-state index in [0.717, 1.165) is 47.0 Å². The summed E-state index contributed by atoms with van der Waals surface area (Å²) in [5, 5.41) is 1.14. The number of pyridine rings is 1. The highest BCUT2D eigenvalue weighted by molar-refractivity contribution is 6.17. The van der Waals surface area contributed by atoms with Gasteiger partial charge in [-0.3, -0.25) is 4.98 Å². The van der Waals surface area contributed by atoms with Crippen LogP contribution in [0.5, 0.6) is 5.75 Å². The smallest absolute Gasteiger partial charge is 0.118 e. The standard InChI is InChI=1S/C28H26ClNO/c1-31-25-16-14-22(15-17-25)28(24-19-23-11-5-6-13-27(23)30-20-24)26(12-7-8-18-29)21-9-3-2-4-10-21/h2-6,9-11,13-17,19-20H,7-8,12,18H2,1H3/b28-26-. The van der Waals surface area contributed by atoms with Gasteiger partial charge in [0.1, 0.15) is 5.75 Å². The number of ether oxygens (including phenoxy) is 1. The number of nitrogens with zero attached hydrogens (tertiary/aromatic N) is 1. The van der Waals surface area contributed by atoms with E-state index in [9.17, 15) is 0 Å². The minimum absolute atomic E-state index is 0.678. The number of hydrogen-bond donors (Lipinski definition) is 0. The third-order valence-electron chi connectivity index (χ3n) is 5.49. The number of rotatable bonds is 8. The fraction of sp³-hybridized carbons (Fsp3) is 0.179. The molecule has 0 amide bonds. The first-order chi connectivity index (χ1) is 15.3. The quantitative estimate of drug-likeness (QED) is 0.164. The Morgan fingerprint density at radius 3 is 2.29 bits per heavy atom. The zero-order chi connectivity index (χ0) is 21.5. The first-order valence-corrected chi connectivity index (χ1v) is 11.2. The summed E-state index contributed by atoms with van der Waals surface area (Å²) in [6, 6.07) is 29.4. The second kappa shape index (κ2) is 10.3. The van der Waals surface area contributed by atoms with Crippen molar-refractivity contribution in [2.24, 2.45) is 0 Å². The normalized spacial score (nSPS) is 11.9. The molecule has 0 aliphatic heterocycles. The monoisotopic (exact) mass is 427 g/mol. The molecule has 156 valence electrons. The summed E-state index contributed by atoms with van der Waals surface area (Å²) < 4.78 is 5.39. The van der Waals surface area contributed by atoms with E-state index in [-0.39, 0.29) is 0 Å². The van der Waals surface area contributed by atoms with Gasteiger partial charge in [0.2, 0.25) is 0 Å². The van der Waals surface area contributed by atoms with Gasteiger partial charge in [-0.1, -0.05) is 60.7 Å². The molecule has 1 aromatic heterocycles. The highest BCUT2D eigenvalue weighted by atomic mass is 35.5. The van der Waals surface area contributed by atoms with Crippen molar-refractivity contribution in [3.05, 3.63) is 108 Å². The van der Waals surface area contributed by atoms with Crippen molar-refractivity contribution in [1.29, 1.82) is 0 Å². The van der Waals surface area contributed by atoms with Crippen LogP contribution in [0, 0.1) is 0 Å². The molecule has 0 radical (unpaired) electrons. The van der Waals surface area contributed by atoms with Gasteiger partial charge >= 0.3 is 0 Å². The Labute approximate surface area is 189 Å². The number of aromatic nitrogens is 1. The maximum absolute atomic E-state index is 6.00. The van der Waals surface area contributed by atoms with Crippen molar-refractivity contribution in [2.75, 3.05) is 13.0 Å². The summed E-state index contributed by atoms with van der Waals surface area (Å²) in [7, 11) is 1.70. The van der Waals surface area contributed by atoms with Gasteiger partial charge in [0.15, 0.2) is 0 Å². The number of benzene rings is 3. The van der Waals surface area contributed by atoms with E-state index >= 15 is 0 Å². The Balaban J connectivity index is 1.94. The van der Waals surface area contributed by atoms with Gasteiger partial charge in [-0.2, -0.15) is 0 Å². The molecule has 0 N–H and O–H groups in total. The average Bonchev–Trinajstić information content (AvgIpc) is 2.84. The summed E-state index contributed by atoms with van der Waals surface area (Å²) in [5.41, 5.74) is 7.03. The van der Waals surface area contributed by atoms with Crippen LogP contribution in [0.3, 0.4) is 0 Å². The van der Waals surface area contributed by atoms with Gasteiger partial charge in [0.25, 0.3) is 0 Å². The lowest BCUT2D eigenvalue weighted by molar-refractivity contribution is 0.415. The molecule has 0 spiro atoms. The second-order valence-electron chi connectivity index (χ2n) is 7.51. The van der Waals surface area contributed by atoms with E-state index in [1.807, 2.05) is 24.4 Å². The van der Waals surface area contributed by atoms with Crippen molar-refractivity contribution in [1.82, 2.24) is 4.98 Å². The van der Waals surface area contributed by atoms with Crippen LogP contribution >= 0.6 is 11.6 Å². The molecule has 3 heteroatoms. The predicted molar refractivity (Wildman–Crippen MR) is 132 cm³/mol.